The third-order valence-corrected chi connectivity index (χ3v) is 5.57. The van der Waals surface area contributed by atoms with E-state index in [1.165, 1.54) is 17.5 Å². The van der Waals surface area contributed by atoms with Crippen LogP contribution in [-0.2, 0) is 17.8 Å². The average molecular weight is 346 g/mol. The highest BCUT2D eigenvalue weighted by molar-refractivity contribution is 5.78. The number of carbonyl (C=O) groups excluding carboxylic acids is 1. The van der Waals surface area contributed by atoms with Gasteiger partial charge in [0.1, 0.15) is 0 Å². The number of fused-ring (bicyclic) bond motifs is 1. The van der Waals surface area contributed by atoms with Gasteiger partial charge >= 0.3 is 0 Å². The van der Waals surface area contributed by atoms with E-state index >= 15 is 0 Å². The zero-order valence-electron chi connectivity index (χ0n) is 15.7. The van der Waals surface area contributed by atoms with E-state index < -0.39 is 0 Å². The third-order valence-electron chi connectivity index (χ3n) is 5.57. The molecule has 138 valence electrons. The minimum atomic E-state index is 0.287. The van der Waals surface area contributed by atoms with Crippen LogP contribution in [0.3, 0.4) is 0 Å². The molecule has 0 bridgehead atoms. The summed E-state index contributed by atoms with van der Waals surface area (Å²) in [4.78, 5) is 17.2. The molecule has 2 aliphatic heterocycles. The molecule has 0 aliphatic carbocycles. The van der Waals surface area contributed by atoms with Crippen LogP contribution in [0.25, 0.3) is 0 Å². The van der Waals surface area contributed by atoms with E-state index in [4.69, 9.17) is 9.47 Å². The number of rotatable bonds is 5. The lowest BCUT2D eigenvalue weighted by Crippen LogP contribution is -2.48. The van der Waals surface area contributed by atoms with E-state index in [1.54, 1.807) is 14.2 Å². The van der Waals surface area contributed by atoms with Crippen LogP contribution >= 0.6 is 0 Å². The molecule has 1 unspecified atom stereocenters. The van der Waals surface area contributed by atoms with Crippen LogP contribution < -0.4 is 9.47 Å². The van der Waals surface area contributed by atoms with Crippen molar-refractivity contribution >= 4 is 5.91 Å². The summed E-state index contributed by atoms with van der Waals surface area (Å²) >= 11 is 0. The van der Waals surface area contributed by atoms with Gasteiger partial charge in [0.2, 0.25) is 5.91 Å². The van der Waals surface area contributed by atoms with Crippen LogP contribution in [0.4, 0.5) is 0 Å². The average Bonchev–Trinajstić information content (AvgIpc) is 2.66. The van der Waals surface area contributed by atoms with Crippen molar-refractivity contribution in [3.63, 3.8) is 0 Å². The maximum atomic E-state index is 12.8. The van der Waals surface area contributed by atoms with Gasteiger partial charge in [0.15, 0.2) is 11.5 Å². The van der Waals surface area contributed by atoms with Gasteiger partial charge < -0.3 is 14.4 Å². The molecule has 1 atom stereocenters. The Bertz CT molecular complexity index is 617. The van der Waals surface area contributed by atoms with E-state index in [1.807, 2.05) is 0 Å². The number of carbonyl (C=O) groups is 1. The second-order valence-electron chi connectivity index (χ2n) is 7.08. The summed E-state index contributed by atoms with van der Waals surface area (Å²) in [7, 11) is 3.33. The first-order valence-electron chi connectivity index (χ1n) is 9.41. The predicted octanol–water partition coefficient (Wildman–Crippen LogP) is 2.85. The first-order chi connectivity index (χ1) is 12.2. The van der Waals surface area contributed by atoms with Gasteiger partial charge in [0.05, 0.1) is 20.8 Å². The molecule has 2 aliphatic rings. The Morgan fingerprint density at radius 1 is 1.12 bits per heavy atom. The zero-order chi connectivity index (χ0) is 17.8. The van der Waals surface area contributed by atoms with Gasteiger partial charge in [-0.05, 0) is 55.4 Å². The molecule has 1 saturated heterocycles. The molecular formula is C20H30N2O3. The fourth-order valence-electron chi connectivity index (χ4n) is 4.11. The number of nitrogens with zero attached hydrogens (tertiary/aromatic N) is 2. The number of benzene rings is 1. The molecule has 5 nitrogen and oxygen atoms in total. The fourth-order valence-corrected chi connectivity index (χ4v) is 4.11. The third kappa shape index (κ3) is 3.92. The van der Waals surface area contributed by atoms with E-state index in [-0.39, 0.29) is 5.91 Å². The first-order valence-corrected chi connectivity index (χ1v) is 9.41. The molecule has 0 N–H and O–H groups in total. The number of amides is 1. The Balaban J connectivity index is 1.67. The van der Waals surface area contributed by atoms with Gasteiger partial charge in [-0.3, -0.25) is 9.69 Å². The Morgan fingerprint density at radius 2 is 1.84 bits per heavy atom. The number of ether oxygens (including phenoxy) is 2. The van der Waals surface area contributed by atoms with Crippen LogP contribution in [0.5, 0.6) is 11.5 Å². The fraction of sp³-hybridized carbons (Fsp3) is 0.650. The summed E-state index contributed by atoms with van der Waals surface area (Å²) in [6.45, 7) is 5.34. The van der Waals surface area contributed by atoms with E-state index in [0.29, 0.717) is 12.6 Å². The molecule has 1 amide bonds. The summed E-state index contributed by atoms with van der Waals surface area (Å²) < 4.78 is 10.8. The number of likely N-dealkylation sites (tertiary alicyclic amines) is 1. The molecule has 0 saturated carbocycles. The lowest BCUT2D eigenvalue weighted by molar-refractivity contribution is -0.136. The van der Waals surface area contributed by atoms with Gasteiger partial charge in [0, 0.05) is 25.7 Å². The molecule has 0 aromatic heterocycles. The minimum absolute atomic E-state index is 0.287. The Morgan fingerprint density at radius 3 is 2.52 bits per heavy atom. The quantitative estimate of drug-likeness (QED) is 0.822. The Hall–Kier alpha value is -1.75. The van der Waals surface area contributed by atoms with Gasteiger partial charge in [-0.2, -0.15) is 0 Å². The largest absolute Gasteiger partial charge is 0.493 e. The predicted molar refractivity (Wildman–Crippen MR) is 98.2 cm³/mol. The van der Waals surface area contributed by atoms with Crippen LogP contribution in [0.2, 0.25) is 0 Å². The van der Waals surface area contributed by atoms with Gasteiger partial charge in [-0.15, -0.1) is 0 Å². The molecule has 3 rings (SSSR count). The summed E-state index contributed by atoms with van der Waals surface area (Å²) in [5, 5.41) is 0. The highest BCUT2D eigenvalue weighted by atomic mass is 16.5. The van der Waals surface area contributed by atoms with Crippen LogP contribution in [0.15, 0.2) is 12.1 Å². The monoisotopic (exact) mass is 346 g/mol. The van der Waals surface area contributed by atoms with Crippen LogP contribution in [-0.4, -0.2) is 55.6 Å². The maximum Gasteiger partial charge on any atom is 0.237 e. The summed E-state index contributed by atoms with van der Waals surface area (Å²) in [6, 6.07) is 4.56. The number of methoxy groups -OCH3 is 2. The van der Waals surface area contributed by atoms with Crippen LogP contribution in [0.1, 0.15) is 43.7 Å². The van der Waals surface area contributed by atoms with Crippen molar-refractivity contribution in [1.29, 1.82) is 0 Å². The van der Waals surface area contributed by atoms with E-state index in [2.05, 4.69) is 28.9 Å². The summed E-state index contributed by atoms with van der Waals surface area (Å²) in [5.74, 6) is 1.83. The van der Waals surface area contributed by atoms with Crippen LogP contribution in [0, 0.1) is 0 Å². The zero-order valence-corrected chi connectivity index (χ0v) is 15.7. The van der Waals surface area contributed by atoms with Crippen molar-refractivity contribution in [3.05, 3.63) is 23.3 Å². The lowest BCUT2D eigenvalue weighted by atomic mass is 9.98. The molecule has 1 aromatic carbocycles. The van der Waals surface area contributed by atoms with Crippen molar-refractivity contribution in [2.45, 2.75) is 51.6 Å². The lowest BCUT2D eigenvalue weighted by Gasteiger charge is -2.37. The van der Waals surface area contributed by atoms with Crippen molar-refractivity contribution in [1.82, 2.24) is 9.80 Å². The normalized spacial score (nSPS) is 20.9. The number of hydrogen-bond donors (Lipinski definition) is 0. The molecule has 0 radical (unpaired) electrons. The first kappa shape index (κ1) is 18.1. The SMILES string of the molecule is CCC1CCCCN1C(=O)CN1CCc2cc(OC)c(OC)cc2C1. The van der Waals surface area contributed by atoms with Gasteiger partial charge in [-0.1, -0.05) is 6.92 Å². The number of piperidine rings is 1. The standard InChI is InChI=1S/C20H30N2O3/c1-4-17-7-5-6-9-22(17)20(23)14-21-10-8-15-11-18(24-2)19(25-3)12-16(15)13-21/h11-12,17H,4-10,13-14H2,1-3H3. The highest BCUT2D eigenvalue weighted by Gasteiger charge is 2.28. The molecule has 25 heavy (non-hydrogen) atoms. The molecule has 2 heterocycles. The number of hydrogen-bond acceptors (Lipinski definition) is 4. The van der Waals surface area contributed by atoms with Crippen molar-refractivity contribution < 1.29 is 14.3 Å². The van der Waals surface area contributed by atoms with Gasteiger partial charge in [0.25, 0.3) is 0 Å². The smallest absolute Gasteiger partial charge is 0.237 e. The second-order valence-corrected chi connectivity index (χ2v) is 7.08. The molecule has 1 fully saturated rings. The van der Waals surface area contributed by atoms with Crippen molar-refractivity contribution in [3.8, 4) is 11.5 Å². The second kappa shape index (κ2) is 8.09. The summed E-state index contributed by atoms with van der Waals surface area (Å²) in [6.07, 6.45) is 5.55. The Labute approximate surface area is 150 Å². The van der Waals surface area contributed by atoms with Gasteiger partial charge in [-0.25, -0.2) is 0 Å². The molecule has 0 spiro atoms. The molecule has 5 heteroatoms. The highest BCUT2D eigenvalue weighted by Crippen LogP contribution is 2.33. The molecular weight excluding hydrogens is 316 g/mol. The Kier molecular flexibility index (Phi) is 5.84. The minimum Gasteiger partial charge on any atom is -0.493 e. The van der Waals surface area contributed by atoms with Crippen molar-refractivity contribution in [2.75, 3.05) is 33.9 Å². The maximum absolute atomic E-state index is 12.8. The van der Waals surface area contributed by atoms with E-state index in [0.717, 1.165) is 56.8 Å². The topological polar surface area (TPSA) is 42.0 Å². The van der Waals surface area contributed by atoms with E-state index in [9.17, 15) is 4.79 Å². The molecule has 1 aromatic rings. The van der Waals surface area contributed by atoms with Crippen molar-refractivity contribution in [2.24, 2.45) is 0 Å². The summed E-state index contributed by atoms with van der Waals surface area (Å²) in [5.41, 5.74) is 2.54.